The van der Waals surface area contributed by atoms with Crippen molar-refractivity contribution < 1.29 is 18.7 Å². The van der Waals surface area contributed by atoms with Gasteiger partial charge in [-0.2, -0.15) is 0 Å². The van der Waals surface area contributed by atoms with E-state index >= 15 is 4.39 Å². The Kier molecular flexibility index (Phi) is 8.23. The normalized spacial score (nSPS) is 19.6. The number of amides is 1. The number of piperidine rings is 1. The number of hydrogen-bond acceptors (Lipinski definition) is 8. The minimum atomic E-state index is -0.541. The number of ether oxygens (including phenoxy) is 2. The number of pyridine rings is 1. The minimum Gasteiger partial charge on any atom is -0.444 e. The number of carbonyl (C=O) groups is 1. The van der Waals surface area contributed by atoms with E-state index < -0.39 is 5.60 Å². The van der Waals surface area contributed by atoms with E-state index in [0.29, 0.717) is 56.3 Å². The highest BCUT2D eigenvalue weighted by molar-refractivity contribution is 7.15. The number of halogens is 1. The molecule has 2 aromatic rings. The number of thiazole rings is 1. The summed E-state index contributed by atoms with van der Waals surface area (Å²) in [7, 11) is 0. The number of nitrogens with one attached hydrogen (secondary N) is 1. The number of carbonyl (C=O) groups excluding carboxylic acids is 1. The number of aromatic nitrogens is 2. The topological polar surface area (TPSA) is 79.8 Å². The van der Waals surface area contributed by atoms with Crippen molar-refractivity contribution in [3.63, 3.8) is 0 Å². The van der Waals surface area contributed by atoms with E-state index in [-0.39, 0.29) is 17.8 Å². The van der Waals surface area contributed by atoms with Gasteiger partial charge in [-0.05, 0) is 58.9 Å². The van der Waals surface area contributed by atoms with Crippen molar-refractivity contribution >= 4 is 28.4 Å². The number of morpholine rings is 1. The Labute approximate surface area is 210 Å². The van der Waals surface area contributed by atoms with Gasteiger partial charge in [0.1, 0.15) is 17.2 Å². The number of anilines is 2. The molecule has 8 nitrogen and oxygen atoms in total. The molecule has 0 radical (unpaired) electrons. The molecule has 0 bridgehead atoms. The van der Waals surface area contributed by atoms with Crippen LogP contribution in [0.3, 0.4) is 0 Å². The van der Waals surface area contributed by atoms with Gasteiger partial charge >= 0.3 is 6.09 Å². The van der Waals surface area contributed by atoms with Crippen LogP contribution >= 0.6 is 11.3 Å². The first kappa shape index (κ1) is 25.8. The molecule has 4 rings (SSSR count). The first-order chi connectivity index (χ1) is 16.7. The highest BCUT2D eigenvalue weighted by Gasteiger charge is 2.29. The average molecular weight is 506 g/mol. The third kappa shape index (κ3) is 7.35. The van der Waals surface area contributed by atoms with E-state index in [1.54, 1.807) is 17.2 Å². The summed E-state index contributed by atoms with van der Waals surface area (Å²) in [4.78, 5) is 26.7. The highest BCUT2D eigenvalue weighted by atomic mass is 32.1. The summed E-state index contributed by atoms with van der Waals surface area (Å²) in [6, 6.07) is 1.79. The fourth-order valence-electron chi connectivity index (χ4n) is 4.47. The quantitative estimate of drug-likeness (QED) is 0.607. The van der Waals surface area contributed by atoms with Crippen LogP contribution in [0.25, 0.3) is 0 Å². The summed E-state index contributed by atoms with van der Waals surface area (Å²) in [5.41, 5.74) is 0.510. The number of hydrogen-bond donors (Lipinski definition) is 1. The predicted molar refractivity (Wildman–Crippen MR) is 135 cm³/mol. The molecule has 1 amide bonds. The van der Waals surface area contributed by atoms with Crippen molar-refractivity contribution in [3.05, 3.63) is 34.2 Å². The molecule has 2 aliphatic heterocycles. The summed E-state index contributed by atoms with van der Waals surface area (Å²) in [5, 5.41) is 4.00. The number of rotatable bonds is 6. The van der Waals surface area contributed by atoms with Crippen molar-refractivity contribution in [3.8, 4) is 0 Å². The lowest BCUT2D eigenvalue weighted by molar-refractivity contribution is 0.0165. The minimum absolute atomic E-state index is 0.117. The fraction of sp³-hybridized carbons (Fsp3) is 0.640. The second kappa shape index (κ2) is 11.2. The maximum atomic E-state index is 15.7. The molecule has 10 heteroatoms. The summed E-state index contributed by atoms with van der Waals surface area (Å²) >= 11 is 1.54. The van der Waals surface area contributed by atoms with Crippen molar-refractivity contribution in [2.45, 2.75) is 59.1 Å². The Balaban J connectivity index is 1.53. The molecule has 1 atom stereocenters. The predicted octanol–water partition coefficient (Wildman–Crippen LogP) is 4.75. The van der Waals surface area contributed by atoms with Crippen LogP contribution in [0.4, 0.5) is 20.1 Å². The first-order valence-corrected chi connectivity index (χ1v) is 13.1. The summed E-state index contributed by atoms with van der Waals surface area (Å²) in [6.45, 7) is 12.2. The third-order valence-electron chi connectivity index (χ3n) is 6.11. The molecule has 1 N–H and O–H groups in total. The lowest BCUT2D eigenvalue weighted by Crippen LogP contribution is -2.43. The van der Waals surface area contributed by atoms with Gasteiger partial charge in [0, 0.05) is 49.4 Å². The molecule has 0 unspecified atom stereocenters. The van der Waals surface area contributed by atoms with Crippen LogP contribution < -0.4 is 5.32 Å². The standard InChI is InChI=1S/C25H36FN5O3S/c1-17-14-27-23(35-17)29-21-13-19(16-30-8-10-33-11-9-30)22(26)20(28-21)12-18-6-5-7-31(15-18)24(32)34-25(2,3)4/h13-14,18H,5-12,15-16H2,1-4H3,(H,27,28,29)/t18-/m1/s1. The Hall–Kier alpha value is -2.30. The van der Waals surface area contributed by atoms with E-state index in [1.165, 1.54) is 11.3 Å². The van der Waals surface area contributed by atoms with Crippen LogP contribution in [0.1, 0.15) is 49.7 Å². The lowest BCUT2D eigenvalue weighted by Gasteiger charge is -2.34. The molecular formula is C25H36FN5O3S. The molecule has 35 heavy (non-hydrogen) atoms. The largest absolute Gasteiger partial charge is 0.444 e. The molecule has 2 saturated heterocycles. The van der Waals surface area contributed by atoms with Crippen molar-refractivity contribution in [1.29, 1.82) is 0 Å². The Bertz CT molecular complexity index is 1020. The third-order valence-corrected chi connectivity index (χ3v) is 6.94. The molecule has 0 saturated carbocycles. The second-order valence-corrected chi connectivity index (χ2v) is 11.6. The molecular weight excluding hydrogens is 469 g/mol. The molecule has 0 spiro atoms. The number of likely N-dealkylation sites (tertiary alicyclic amines) is 1. The molecule has 4 heterocycles. The molecule has 2 aromatic heterocycles. The van der Waals surface area contributed by atoms with Gasteiger partial charge < -0.3 is 19.7 Å². The summed E-state index contributed by atoms with van der Waals surface area (Å²) in [6.07, 6.45) is 3.75. The second-order valence-electron chi connectivity index (χ2n) is 10.4. The van der Waals surface area contributed by atoms with Gasteiger partial charge in [-0.15, -0.1) is 11.3 Å². The Morgan fingerprint density at radius 1 is 1.31 bits per heavy atom. The molecule has 192 valence electrons. The van der Waals surface area contributed by atoms with Gasteiger partial charge in [0.15, 0.2) is 5.13 Å². The van der Waals surface area contributed by atoms with Crippen LogP contribution in [0.5, 0.6) is 0 Å². The van der Waals surface area contributed by atoms with Crippen molar-refractivity contribution in [2.75, 3.05) is 44.7 Å². The number of nitrogens with zero attached hydrogens (tertiary/aromatic N) is 4. The van der Waals surface area contributed by atoms with Crippen LogP contribution in [0.2, 0.25) is 0 Å². The summed E-state index contributed by atoms with van der Waals surface area (Å²) < 4.78 is 26.7. The molecule has 0 aliphatic carbocycles. The van der Waals surface area contributed by atoms with E-state index in [0.717, 1.165) is 35.9 Å². The molecule has 2 aliphatic rings. The number of aryl methyl sites for hydroxylation is 1. The summed E-state index contributed by atoms with van der Waals surface area (Å²) in [5.74, 6) is 0.456. The fourth-order valence-corrected chi connectivity index (χ4v) is 5.15. The van der Waals surface area contributed by atoms with E-state index in [9.17, 15) is 4.79 Å². The van der Waals surface area contributed by atoms with E-state index in [4.69, 9.17) is 9.47 Å². The van der Waals surface area contributed by atoms with Crippen molar-refractivity contribution in [1.82, 2.24) is 19.8 Å². The first-order valence-electron chi connectivity index (χ1n) is 12.3. The zero-order valence-corrected chi connectivity index (χ0v) is 21.9. The van der Waals surface area contributed by atoms with Crippen LogP contribution in [0.15, 0.2) is 12.3 Å². The SMILES string of the molecule is Cc1cnc(Nc2cc(CN3CCOCC3)c(F)c(C[C@H]3CCCN(C(=O)OC(C)(C)C)C3)n2)s1. The van der Waals surface area contributed by atoms with Gasteiger partial charge in [0.2, 0.25) is 0 Å². The van der Waals surface area contributed by atoms with E-state index in [1.807, 2.05) is 27.7 Å². The van der Waals surface area contributed by atoms with E-state index in [2.05, 4.69) is 20.2 Å². The smallest absolute Gasteiger partial charge is 0.410 e. The van der Waals surface area contributed by atoms with Gasteiger partial charge in [0.05, 0.1) is 18.9 Å². The van der Waals surface area contributed by atoms with Crippen LogP contribution in [-0.4, -0.2) is 70.9 Å². The van der Waals surface area contributed by atoms with Gasteiger partial charge in [-0.25, -0.2) is 19.2 Å². The van der Waals surface area contributed by atoms with Crippen LogP contribution in [0, 0.1) is 18.7 Å². The molecule has 2 fully saturated rings. The van der Waals surface area contributed by atoms with Gasteiger partial charge in [-0.1, -0.05) is 0 Å². The lowest BCUT2D eigenvalue weighted by atomic mass is 9.92. The average Bonchev–Trinajstić information content (AvgIpc) is 3.21. The van der Waals surface area contributed by atoms with Gasteiger partial charge in [-0.3, -0.25) is 4.90 Å². The molecule has 0 aromatic carbocycles. The van der Waals surface area contributed by atoms with Crippen molar-refractivity contribution in [2.24, 2.45) is 5.92 Å². The Morgan fingerprint density at radius 2 is 2.09 bits per heavy atom. The maximum absolute atomic E-state index is 15.7. The monoisotopic (exact) mass is 505 g/mol. The zero-order valence-electron chi connectivity index (χ0n) is 21.1. The highest BCUT2D eigenvalue weighted by Crippen LogP contribution is 2.28. The Morgan fingerprint density at radius 3 is 2.77 bits per heavy atom. The zero-order chi connectivity index (χ0) is 25.0. The van der Waals surface area contributed by atoms with Gasteiger partial charge in [0.25, 0.3) is 0 Å². The maximum Gasteiger partial charge on any atom is 0.410 e. The van der Waals surface area contributed by atoms with Crippen LogP contribution in [-0.2, 0) is 22.4 Å².